The molecule has 1 aromatic heterocycles. The van der Waals surface area contributed by atoms with Crippen LogP contribution in [-0.2, 0) is 0 Å². The van der Waals surface area contributed by atoms with Gasteiger partial charge in [0.1, 0.15) is 5.75 Å². The molecular formula is C17H15NO2. The molecule has 3 aromatic rings. The fourth-order valence-corrected chi connectivity index (χ4v) is 2.09. The monoisotopic (exact) mass is 265 g/mol. The number of hydrogen-bond donors (Lipinski definition) is 1. The van der Waals surface area contributed by atoms with Crippen LogP contribution < -0.4 is 4.74 Å². The molecule has 0 saturated heterocycles. The molecule has 0 aliphatic rings. The molecule has 2 aromatic carbocycles. The Morgan fingerprint density at radius 1 is 1.00 bits per heavy atom. The Labute approximate surface area is 117 Å². The van der Waals surface area contributed by atoms with E-state index in [0.29, 0.717) is 5.88 Å². The predicted molar refractivity (Wildman–Crippen MR) is 78.9 cm³/mol. The predicted octanol–water partition coefficient (Wildman–Crippen LogP) is 4.08. The molecule has 3 rings (SSSR count). The van der Waals surface area contributed by atoms with Crippen LogP contribution in [0.4, 0.5) is 0 Å². The van der Waals surface area contributed by atoms with Crippen molar-refractivity contribution in [1.82, 2.24) is 4.98 Å². The number of ether oxygens (including phenoxy) is 1. The lowest BCUT2D eigenvalue weighted by Crippen LogP contribution is -1.94. The summed E-state index contributed by atoms with van der Waals surface area (Å²) in [5.41, 5.74) is 0.788. The molecule has 1 N–H and O–H groups in total. The highest BCUT2D eigenvalue weighted by atomic mass is 16.5. The van der Waals surface area contributed by atoms with Gasteiger partial charge in [0.25, 0.3) is 0 Å². The van der Waals surface area contributed by atoms with E-state index >= 15 is 0 Å². The topological polar surface area (TPSA) is 42.4 Å². The largest absolute Gasteiger partial charge is 0.439 e. The Kier molecular flexibility index (Phi) is 3.35. The molecule has 0 aliphatic carbocycles. The number of aliphatic hydroxyl groups excluding tert-OH is 1. The number of rotatable bonds is 3. The average molecular weight is 265 g/mol. The minimum atomic E-state index is -0.531. The fourth-order valence-electron chi connectivity index (χ4n) is 2.09. The molecule has 100 valence electrons. The van der Waals surface area contributed by atoms with Gasteiger partial charge in [-0.1, -0.05) is 30.3 Å². The Hall–Kier alpha value is -2.39. The molecule has 3 nitrogen and oxygen atoms in total. The molecule has 0 bridgehead atoms. The second-order valence-electron chi connectivity index (χ2n) is 4.71. The highest BCUT2D eigenvalue weighted by Gasteiger charge is 2.05. The van der Waals surface area contributed by atoms with E-state index in [9.17, 15) is 5.11 Å². The molecular weight excluding hydrogens is 250 g/mol. The molecule has 1 atom stereocenters. The lowest BCUT2D eigenvalue weighted by Gasteiger charge is -2.09. The zero-order valence-corrected chi connectivity index (χ0v) is 11.2. The van der Waals surface area contributed by atoms with E-state index in [0.717, 1.165) is 16.7 Å². The number of aromatic nitrogens is 1. The van der Waals surface area contributed by atoms with Gasteiger partial charge in [0.15, 0.2) is 0 Å². The molecule has 0 radical (unpaired) electrons. The van der Waals surface area contributed by atoms with Crippen LogP contribution in [0, 0.1) is 0 Å². The minimum absolute atomic E-state index is 0.485. The number of benzene rings is 2. The van der Waals surface area contributed by atoms with Crippen molar-refractivity contribution in [2.45, 2.75) is 13.0 Å². The average Bonchev–Trinajstić information content (AvgIpc) is 2.47. The first kappa shape index (κ1) is 12.6. The van der Waals surface area contributed by atoms with E-state index in [2.05, 4.69) is 11.1 Å². The van der Waals surface area contributed by atoms with E-state index < -0.39 is 6.10 Å². The van der Waals surface area contributed by atoms with E-state index in [1.54, 1.807) is 25.3 Å². The zero-order chi connectivity index (χ0) is 13.9. The Morgan fingerprint density at radius 2 is 1.80 bits per heavy atom. The maximum atomic E-state index is 9.57. The molecule has 0 amide bonds. The van der Waals surface area contributed by atoms with Crippen molar-refractivity contribution >= 4 is 10.8 Å². The van der Waals surface area contributed by atoms with Gasteiger partial charge in [0.05, 0.1) is 6.10 Å². The third kappa shape index (κ3) is 2.63. The summed E-state index contributed by atoms with van der Waals surface area (Å²) < 4.78 is 5.76. The van der Waals surface area contributed by atoms with Crippen molar-refractivity contribution in [2.24, 2.45) is 0 Å². The highest BCUT2D eigenvalue weighted by molar-refractivity contribution is 5.83. The fraction of sp³-hybridized carbons (Fsp3) is 0.118. The zero-order valence-electron chi connectivity index (χ0n) is 11.2. The van der Waals surface area contributed by atoms with Crippen molar-refractivity contribution < 1.29 is 9.84 Å². The van der Waals surface area contributed by atoms with Crippen molar-refractivity contribution in [3.8, 4) is 11.6 Å². The van der Waals surface area contributed by atoms with Crippen LogP contribution in [0.5, 0.6) is 11.6 Å². The third-order valence-electron chi connectivity index (χ3n) is 3.18. The maximum absolute atomic E-state index is 9.57. The first-order chi connectivity index (χ1) is 9.72. The molecule has 1 heterocycles. The summed E-state index contributed by atoms with van der Waals surface area (Å²) in [5.74, 6) is 1.22. The lowest BCUT2D eigenvalue weighted by atomic mass is 10.1. The van der Waals surface area contributed by atoms with Crippen LogP contribution in [0.15, 0.2) is 60.8 Å². The van der Waals surface area contributed by atoms with Crippen LogP contribution in [-0.4, -0.2) is 10.1 Å². The second kappa shape index (κ2) is 5.31. The minimum Gasteiger partial charge on any atom is -0.439 e. The summed E-state index contributed by atoms with van der Waals surface area (Å²) >= 11 is 0. The normalized spacial score (nSPS) is 12.3. The van der Waals surface area contributed by atoms with Crippen LogP contribution >= 0.6 is 0 Å². The van der Waals surface area contributed by atoms with Crippen LogP contribution in [0.25, 0.3) is 10.8 Å². The third-order valence-corrected chi connectivity index (χ3v) is 3.18. The first-order valence-corrected chi connectivity index (χ1v) is 6.53. The summed E-state index contributed by atoms with van der Waals surface area (Å²) in [6.45, 7) is 1.72. The van der Waals surface area contributed by atoms with Gasteiger partial charge in [0.2, 0.25) is 5.88 Å². The first-order valence-electron chi connectivity index (χ1n) is 6.53. The Bertz CT molecular complexity index is 738. The van der Waals surface area contributed by atoms with Gasteiger partial charge in [0, 0.05) is 12.3 Å². The summed E-state index contributed by atoms with van der Waals surface area (Å²) in [7, 11) is 0. The maximum Gasteiger partial charge on any atom is 0.219 e. The number of fused-ring (bicyclic) bond motifs is 1. The van der Waals surface area contributed by atoms with Crippen LogP contribution in [0.2, 0.25) is 0 Å². The van der Waals surface area contributed by atoms with Gasteiger partial charge in [-0.3, -0.25) is 0 Å². The molecule has 3 heteroatoms. The SMILES string of the molecule is C[C@@H](O)c1ccnc(Oc2ccc3ccccc3c2)c1. The van der Waals surface area contributed by atoms with Crippen LogP contribution in [0.3, 0.4) is 0 Å². The molecule has 0 aliphatic heterocycles. The Morgan fingerprint density at radius 3 is 2.60 bits per heavy atom. The summed E-state index contributed by atoms with van der Waals surface area (Å²) in [5, 5.41) is 11.9. The Balaban J connectivity index is 1.90. The van der Waals surface area contributed by atoms with E-state index in [1.165, 1.54) is 5.39 Å². The van der Waals surface area contributed by atoms with Gasteiger partial charge in [-0.15, -0.1) is 0 Å². The molecule has 20 heavy (non-hydrogen) atoms. The quantitative estimate of drug-likeness (QED) is 0.775. The van der Waals surface area contributed by atoms with Crippen molar-refractivity contribution in [3.63, 3.8) is 0 Å². The van der Waals surface area contributed by atoms with Crippen molar-refractivity contribution in [3.05, 3.63) is 66.4 Å². The standard InChI is InChI=1S/C17H15NO2/c1-12(19)14-8-9-18-17(11-14)20-16-7-6-13-4-2-3-5-15(13)10-16/h2-12,19H,1H3/t12-/m1/s1. The van der Waals surface area contributed by atoms with E-state index in [4.69, 9.17) is 4.74 Å². The summed E-state index contributed by atoms with van der Waals surface area (Å²) in [6, 6.07) is 17.5. The van der Waals surface area contributed by atoms with Gasteiger partial charge < -0.3 is 9.84 Å². The number of hydrogen-bond acceptors (Lipinski definition) is 3. The second-order valence-corrected chi connectivity index (χ2v) is 4.71. The van der Waals surface area contributed by atoms with Gasteiger partial charge >= 0.3 is 0 Å². The number of nitrogens with zero attached hydrogens (tertiary/aromatic N) is 1. The number of pyridine rings is 1. The van der Waals surface area contributed by atoms with Crippen LogP contribution in [0.1, 0.15) is 18.6 Å². The van der Waals surface area contributed by atoms with Crippen molar-refractivity contribution in [2.75, 3.05) is 0 Å². The highest BCUT2D eigenvalue weighted by Crippen LogP contribution is 2.25. The molecule has 0 spiro atoms. The van der Waals surface area contributed by atoms with E-state index in [1.807, 2.05) is 36.4 Å². The molecule has 0 saturated carbocycles. The number of aliphatic hydroxyl groups is 1. The lowest BCUT2D eigenvalue weighted by molar-refractivity contribution is 0.198. The smallest absolute Gasteiger partial charge is 0.219 e. The van der Waals surface area contributed by atoms with Gasteiger partial charge in [-0.05, 0) is 41.5 Å². The molecule has 0 unspecified atom stereocenters. The van der Waals surface area contributed by atoms with Gasteiger partial charge in [-0.2, -0.15) is 0 Å². The van der Waals surface area contributed by atoms with E-state index in [-0.39, 0.29) is 0 Å². The molecule has 0 fully saturated rings. The summed E-state index contributed by atoms with van der Waals surface area (Å²) in [6.07, 6.45) is 1.11. The summed E-state index contributed by atoms with van der Waals surface area (Å²) in [4.78, 5) is 4.16. The van der Waals surface area contributed by atoms with Crippen molar-refractivity contribution in [1.29, 1.82) is 0 Å². The van der Waals surface area contributed by atoms with Gasteiger partial charge in [-0.25, -0.2) is 4.98 Å².